The quantitative estimate of drug-likeness (QED) is 0.669. The van der Waals surface area contributed by atoms with Gasteiger partial charge in [0.1, 0.15) is 0 Å². The standard InChI is InChI=1S/C20H17NO2/c22-20(23)21-18-13-7-12-17(14-18)19(15-8-3-1-4-9-15)16-10-5-2-6-11-16/h1-14,19,21H,(H,22,23). The van der Waals surface area contributed by atoms with E-state index in [9.17, 15) is 4.79 Å². The van der Waals surface area contributed by atoms with Crippen LogP contribution in [0.1, 0.15) is 22.6 Å². The molecule has 3 aromatic rings. The fourth-order valence-electron chi connectivity index (χ4n) is 2.79. The molecule has 3 aromatic carbocycles. The van der Waals surface area contributed by atoms with Crippen molar-refractivity contribution in [1.29, 1.82) is 0 Å². The van der Waals surface area contributed by atoms with Crippen molar-refractivity contribution in [3.8, 4) is 0 Å². The van der Waals surface area contributed by atoms with Crippen molar-refractivity contribution in [3.05, 3.63) is 102 Å². The number of carbonyl (C=O) groups is 1. The van der Waals surface area contributed by atoms with Crippen LogP contribution in [0.4, 0.5) is 10.5 Å². The van der Waals surface area contributed by atoms with Gasteiger partial charge in [-0.15, -0.1) is 0 Å². The van der Waals surface area contributed by atoms with E-state index in [1.165, 1.54) is 11.1 Å². The van der Waals surface area contributed by atoms with Crippen LogP contribution in [-0.2, 0) is 0 Å². The molecule has 0 fully saturated rings. The van der Waals surface area contributed by atoms with Crippen molar-refractivity contribution in [2.45, 2.75) is 5.92 Å². The van der Waals surface area contributed by atoms with Crippen molar-refractivity contribution in [2.24, 2.45) is 0 Å². The van der Waals surface area contributed by atoms with Crippen LogP contribution in [0.5, 0.6) is 0 Å². The molecular formula is C20H17NO2. The number of nitrogens with one attached hydrogen (secondary N) is 1. The summed E-state index contributed by atoms with van der Waals surface area (Å²) in [4.78, 5) is 10.9. The Balaban J connectivity index is 2.07. The molecule has 23 heavy (non-hydrogen) atoms. The number of anilines is 1. The van der Waals surface area contributed by atoms with E-state index in [4.69, 9.17) is 5.11 Å². The molecule has 2 N–H and O–H groups in total. The summed E-state index contributed by atoms with van der Waals surface area (Å²) in [5.41, 5.74) is 3.97. The van der Waals surface area contributed by atoms with Gasteiger partial charge in [0.2, 0.25) is 0 Å². The summed E-state index contributed by atoms with van der Waals surface area (Å²) in [6.07, 6.45) is -1.06. The molecule has 3 heteroatoms. The Labute approximate surface area is 135 Å². The molecule has 0 atom stereocenters. The normalized spacial score (nSPS) is 10.5. The first kappa shape index (κ1) is 14.9. The number of hydrogen-bond acceptors (Lipinski definition) is 1. The van der Waals surface area contributed by atoms with E-state index in [-0.39, 0.29) is 5.92 Å². The largest absolute Gasteiger partial charge is 0.465 e. The van der Waals surface area contributed by atoms with Crippen molar-refractivity contribution in [2.75, 3.05) is 5.32 Å². The lowest BCUT2D eigenvalue weighted by atomic mass is 9.85. The monoisotopic (exact) mass is 303 g/mol. The number of amides is 1. The first-order valence-corrected chi connectivity index (χ1v) is 7.44. The predicted molar refractivity (Wildman–Crippen MR) is 91.9 cm³/mol. The Kier molecular flexibility index (Phi) is 4.39. The van der Waals surface area contributed by atoms with Gasteiger partial charge in [0, 0.05) is 11.6 Å². The molecule has 114 valence electrons. The summed E-state index contributed by atoms with van der Waals surface area (Å²) >= 11 is 0. The molecule has 0 saturated carbocycles. The topological polar surface area (TPSA) is 49.3 Å². The number of carboxylic acid groups (broad SMARTS) is 1. The minimum absolute atomic E-state index is 0.0629. The van der Waals surface area contributed by atoms with E-state index in [0.29, 0.717) is 5.69 Å². The summed E-state index contributed by atoms with van der Waals surface area (Å²) in [7, 11) is 0. The first-order chi connectivity index (χ1) is 11.2. The molecule has 0 aliphatic rings. The van der Waals surface area contributed by atoms with Gasteiger partial charge < -0.3 is 5.11 Å². The molecule has 0 spiro atoms. The Morgan fingerprint density at radius 1 is 0.739 bits per heavy atom. The van der Waals surface area contributed by atoms with E-state index < -0.39 is 6.09 Å². The number of rotatable bonds is 4. The van der Waals surface area contributed by atoms with Gasteiger partial charge in [0.25, 0.3) is 0 Å². The molecule has 0 radical (unpaired) electrons. The smallest absolute Gasteiger partial charge is 0.409 e. The minimum atomic E-state index is -1.06. The van der Waals surface area contributed by atoms with E-state index in [1.807, 2.05) is 54.6 Å². The predicted octanol–water partition coefficient (Wildman–Crippen LogP) is 4.96. The van der Waals surface area contributed by atoms with Gasteiger partial charge in [-0.3, -0.25) is 5.32 Å². The van der Waals surface area contributed by atoms with Crippen molar-refractivity contribution in [1.82, 2.24) is 0 Å². The lowest BCUT2D eigenvalue weighted by Crippen LogP contribution is -2.08. The molecule has 3 rings (SSSR count). The molecule has 0 bridgehead atoms. The highest BCUT2D eigenvalue weighted by Crippen LogP contribution is 2.32. The van der Waals surface area contributed by atoms with Gasteiger partial charge in [0.05, 0.1) is 0 Å². The van der Waals surface area contributed by atoms with Crippen LogP contribution < -0.4 is 5.32 Å². The number of hydrogen-bond donors (Lipinski definition) is 2. The minimum Gasteiger partial charge on any atom is -0.465 e. The van der Waals surface area contributed by atoms with Gasteiger partial charge in [-0.25, -0.2) is 4.79 Å². The van der Waals surface area contributed by atoms with Gasteiger partial charge in [-0.05, 0) is 28.8 Å². The second-order valence-electron chi connectivity index (χ2n) is 5.31. The molecule has 1 amide bonds. The zero-order valence-electron chi connectivity index (χ0n) is 12.5. The number of benzene rings is 3. The van der Waals surface area contributed by atoms with E-state index in [1.54, 1.807) is 6.07 Å². The van der Waals surface area contributed by atoms with Crippen molar-refractivity contribution >= 4 is 11.8 Å². The van der Waals surface area contributed by atoms with Crippen molar-refractivity contribution < 1.29 is 9.90 Å². The van der Waals surface area contributed by atoms with Crippen LogP contribution in [-0.4, -0.2) is 11.2 Å². The zero-order chi connectivity index (χ0) is 16.1. The highest BCUT2D eigenvalue weighted by Gasteiger charge is 2.16. The SMILES string of the molecule is O=C(O)Nc1cccc(C(c2ccccc2)c2ccccc2)c1. The third kappa shape index (κ3) is 3.58. The van der Waals surface area contributed by atoms with E-state index >= 15 is 0 Å². The van der Waals surface area contributed by atoms with E-state index in [2.05, 4.69) is 29.6 Å². The van der Waals surface area contributed by atoms with Gasteiger partial charge in [-0.2, -0.15) is 0 Å². The van der Waals surface area contributed by atoms with Crippen LogP contribution in [0.2, 0.25) is 0 Å². The summed E-state index contributed by atoms with van der Waals surface area (Å²) in [6, 6.07) is 28.0. The molecular weight excluding hydrogens is 286 g/mol. The Bertz CT molecular complexity index is 746. The second-order valence-corrected chi connectivity index (χ2v) is 5.31. The van der Waals surface area contributed by atoms with Gasteiger partial charge in [0.15, 0.2) is 0 Å². The Hall–Kier alpha value is -3.07. The summed E-state index contributed by atoms with van der Waals surface area (Å²) in [6.45, 7) is 0. The zero-order valence-corrected chi connectivity index (χ0v) is 12.5. The third-order valence-corrected chi connectivity index (χ3v) is 3.74. The highest BCUT2D eigenvalue weighted by molar-refractivity contribution is 5.83. The van der Waals surface area contributed by atoms with Crippen LogP contribution >= 0.6 is 0 Å². The average Bonchev–Trinajstić information content (AvgIpc) is 2.57. The lowest BCUT2D eigenvalue weighted by Gasteiger charge is -2.19. The van der Waals surface area contributed by atoms with E-state index in [0.717, 1.165) is 5.56 Å². The molecule has 0 aliphatic carbocycles. The fraction of sp³-hybridized carbons (Fsp3) is 0.0500. The average molecular weight is 303 g/mol. The maximum absolute atomic E-state index is 10.9. The maximum Gasteiger partial charge on any atom is 0.409 e. The molecule has 0 aromatic heterocycles. The molecule has 0 unspecified atom stereocenters. The Morgan fingerprint density at radius 3 is 1.78 bits per heavy atom. The van der Waals surface area contributed by atoms with Crippen LogP contribution in [0.25, 0.3) is 0 Å². The Morgan fingerprint density at radius 2 is 1.26 bits per heavy atom. The molecule has 3 nitrogen and oxygen atoms in total. The molecule has 0 aliphatic heterocycles. The summed E-state index contributed by atoms with van der Waals surface area (Å²) in [5.74, 6) is 0.0629. The van der Waals surface area contributed by atoms with Gasteiger partial charge in [-0.1, -0.05) is 72.8 Å². The van der Waals surface area contributed by atoms with Crippen LogP contribution in [0.15, 0.2) is 84.9 Å². The molecule has 0 saturated heterocycles. The van der Waals surface area contributed by atoms with Crippen LogP contribution in [0.3, 0.4) is 0 Å². The summed E-state index contributed by atoms with van der Waals surface area (Å²) in [5, 5.41) is 11.3. The fourth-order valence-corrected chi connectivity index (χ4v) is 2.79. The lowest BCUT2D eigenvalue weighted by molar-refractivity contribution is 0.210. The molecule has 0 heterocycles. The highest BCUT2D eigenvalue weighted by atomic mass is 16.4. The first-order valence-electron chi connectivity index (χ1n) is 7.44. The van der Waals surface area contributed by atoms with Crippen LogP contribution in [0, 0.1) is 0 Å². The summed E-state index contributed by atoms with van der Waals surface area (Å²) < 4.78 is 0. The van der Waals surface area contributed by atoms with Crippen molar-refractivity contribution in [3.63, 3.8) is 0 Å². The third-order valence-electron chi connectivity index (χ3n) is 3.74. The van der Waals surface area contributed by atoms with Gasteiger partial charge >= 0.3 is 6.09 Å². The maximum atomic E-state index is 10.9. The second kappa shape index (κ2) is 6.79.